The molecule has 2 N–H and O–H groups in total. The number of amides is 1. The molecule has 76 valence electrons. The summed E-state index contributed by atoms with van der Waals surface area (Å²) in [5.41, 5.74) is 0.230. The molecule has 1 amide bonds. The average molecular weight is 207 g/mol. The van der Waals surface area contributed by atoms with E-state index in [-0.39, 0.29) is 17.0 Å². The van der Waals surface area contributed by atoms with Gasteiger partial charge in [0.1, 0.15) is 5.75 Å². The maximum atomic E-state index is 11.3. The minimum absolute atomic E-state index is 0.0371. The quantitative estimate of drug-likeness (QED) is 0.405. The van der Waals surface area contributed by atoms with Crippen LogP contribution in [-0.2, 0) is 4.79 Å². The number of fused-ring (bicyclic) bond motifs is 1. The number of carboxylic acid groups (broad SMARTS) is 1. The Balaban J connectivity index is 2.52. The van der Waals surface area contributed by atoms with Gasteiger partial charge in [0.2, 0.25) is 0 Å². The molecule has 0 radical (unpaired) electrons. The minimum Gasteiger partial charge on any atom is -0.449 e. The zero-order valence-corrected chi connectivity index (χ0v) is 7.31. The monoisotopic (exact) mass is 207 g/mol. The van der Waals surface area contributed by atoms with E-state index in [0.717, 1.165) is 0 Å². The lowest BCUT2D eigenvalue weighted by Gasteiger charge is -2.03. The standard InChI is InChI=1S/C9H5NO5/c11-7-6-4(10-8(7)12)2-1-3-5(6)15-9(13)14/h1-3H,(H,13,14)(H,10,11,12). The van der Waals surface area contributed by atoms with E-state index in [4.69, 9.17) is 5.11 Å². The van der Waals surface area contributed by atoms with Crippen molar-refractivity contribution in [3.8, 4) is 5.75 Å². The summed E-state index contributed by atoms with van der Waals surface area (Å²) in [6, 6.07) is 4.29. The molecule has 6 nitrogen and oxygen atoms in total. The lowest BCUT2D eigenvalue weighted by Crippen LogP contribution is -2.13. The van der Waals surface area contributed by atoms with Gasteiger partial charge in [-0.3, -0.25) is 9.59 Å². The Morgan fingerprint density at radius 1 is 1.33 bits per heavy atom. The van der Waals surface area contributed by atoms with Gasteiger partial charge < -0.3 is 15.2 Å². The molecule has 0 saturated heterocycles. The van der Waals surface area contributed by atoms with Crippen molar-refractivity contribution in [1.82, 2.24) is 0 Å². The fourth-order valence-corrected chi connectivity index (χ4v) is 1.34. The van der Waals surface area contributed by atoms with Crippen LogP contribution in [-0.4, -0.2) is 23.0 Å². The van der Waals surface area contributed by atoms with Gasteiger partial charge in [0.05, 0.1) is 11.3 Å². The molecule has 0 fully saturated rings. The van der Waals surface area contributed by atoms with Gasteiger partial charge in [0.15, 0.2) is 0 Å². The molecule has 0 bridgehead atoms. The van der Waals surface area contributed by atoms with Crippen molar-refractivity contribution >= 4 is 23.5 Å². The first kappa shape index (κ1) is 9.20. The highest BCUT2D eigenvalue weighted by molar-refractivity contribution is 6.52. The molecule has 2 rings (SSSR count). The number of hydrogen-bond donors (Lipinski definition) is 2. The fraction of sp³-hybridized carbons (Fsp3) is 0. The Morgan fingerprint density at radius 2 is 2.07 bits per heavy atom. The fourth-order valence-electron chi connectivity index (χ4n) is 1.34. The number of carbonyl (C=O) groups is 3. The molecule has 0 aliphatic carbocycles. The van der Waals surface area contributed by atoms with Gasteiger partial charge in [0.25, 0.3) is 11.7 Å². The highest BCUT2D eigenvalue weighted by Gasteiger charge is 2.31. The van der Waals surface area contributed by atoms with Gasteiger partial charge in [-0.2, -0.15) is 0 Å². The lowest BCUT2D eigenvalue weighted by atomic mass is 10.1. The second-order valence-corrected chi connectivity index (χ2v) is 2.83. The molecular formula is C9H5NO5. The summed E-state index contributed by atoms with van der Waals surface area (Å²) < 4.78 is 4.38. The van der Waals surface area contributed by atoms with Gasteiger partial charge >= 0.3 is 6.16 Å². The number of rotatable bonds is 1. The summed E-state index contributed by atoms with van der Waals surface area (Å²) in [6.45, 7) is 0. The van der Waals surface area contributed by atoms with E-state index >= 15 is 0 Å². The molecule has 1 aliphatic heterocycles. The van der Waals surface area contributed by atoms with Crippen LogP contribution in [0.2, 0.25) is 0 Å². The Morgan fingerprint density at radius 3 is 2.73 bits per heavy atom. The number of ether oxygens (including phenoxy) is 1. The van der Waals surface area contributed by atoms with E-state index < -0.39 is 17.8 Å². The summed E-state index contributed by atoms with van der Waals surface area (Å²) in [6.07, 6.45) is -1.53. The molecule has 0 spiro atoms. The van der Waals surface area contributed by atoms with E-state index in [1.54, 1.807) is 0 Å². The number of benzene rings is 1. The number of Topliss-reactive ketones (excluding diaryl/α,β-unsaturated/α-hetero) is 1. The SMILES string of the molecule is O=C(O)Oc1cccc2c1C(=O)C(=O)N2. The molecule has 1 aromatic rings. The van der Waals surface area contributed by atoms with Crippen LogP contribution in [0.5, 0.6) is 5.75 Å². The van der Waals surface area contributed by atoms with Crippen molar-refractivity contribution < 1.29 is 24.2 Å². The number of anilines is 1. The van der Waals surface area contributed by atoms with Crippen molar-refractivity contribution in [2.24, 2.45) is 0 Å². The Kier molecular flexibility index (Phi) is 1.89. The molecule has 15 heavy (non-hydrogen) atoms. The van der Waals surface area contributed by atoms with Crippen LogP contribution in [0.4, 0.5) is 10.5 Å². The van der Waals surface area contributed by atoms with Gasteiger partial charge in [0, 0.05) is 0 Å². The number of nitrogens with one attached hydrogen (secondary N) is 1. The van der Waals surface area contributed by atoms with Crippen molar-refractivity contribution in [2.45, 2.75) is 0 Å². The maximum absolute atomic E-state index is 11.3. The van der Waals surface area contributed by atoms with Crippen LogP contribution in [0.3, 0.4) is 0 Å². The van der Waals surface area contributed by atoms with Crippen LogP contribution in [0.1, 0.15) is 10.4 Å². The molecule has 0 unspecified atom stereocenters. The van der Waals surface area contributed by atoms with Crippen molar-refractivity contribution in [2.75, 3.05) is 5.32 Å². The summed E-state index contributed by atoms with van der Waals surface area (Å²) >= 11 is 0. The lowest BCUT2D eigenvalue weighted by molar-refractivity contribution is -0.112. The van der Waals surface area contributed by atoms with Gasteiger partial charge in [-0.25, -0.2) is 4.79 Å². The van der Waals surface area contributed by atoms with Gasteiger partial charge in [-0.15, -0.1) is 0 Å². The van der Waals surface area contributed by atoms with Crippen molar-refractivity contribution in [1.29, 1.82) is 0 Å². The maximum Gasteiger partial charge on any atom is 0.511 e. The van der Waals surface area contributed by atoms with E-state index in [0.29, 0.717) is 0 Å². The second-order valence-electron chi connectivity index (χ2n) is 2.83. The molecule has 1 aliphatic rings. The number of hydrogen-bond acceptors (Lipinski definition) is 4. The third kappa shape index (κ3) is 1.41. The van der Waals surface area contributed by atoms with Crippen LogP contribution in [0.15, 0.2) is 18.2 Å². The van der Waals surface area contributed by atoms with Crippen LogP contribution >= 0.6 is 0 Å². The summed E-state index contributed by atoms with van der Waals surface area (Å²) in [7, 11) is 0. The summed E-state index contributed by atoms with van der Waals surface area (Å²) in [5.74, 6) is -1.71. The predicted molar refractivity (Wildman–Crippen MR) is 48.1 cm³/mol. The Labute approximate surface area is 83.5 Å². The van der Waals surface area contributed by atoms with Crippen LogP contribution in [0, 0.1) is 0 Å². The highest BCUT2D eigenvalue weighted by atomic mass is 16.7. The van der Waals surface area contributed by atoms with Crippen LogP contribution in [0.25, 0.3) is 0 Å². The third-order valence-electron chi connectivity index (χ3n) is 1.90. The second kappa shape index (κ2) is 3.09. The first-order valence-corrected chi connectivity index (χ1v) is 3.99. The first-order chi connectivity index (χ1) is 7.09. The molecule has 1 heterocycles. The normalized spacial score (nSPS) is 13.3. The first-order valence-electron chi connectivity index (χ1n) is 3.99. The predicted octanol–water partition coefficient (Wildman–Crippen LogP) is 0.878. The molecular weight excluding hydrogens is 202 g/mol. The largest absolute Gasteiger partial charge is 0.511 e. The van der Waals surface area contributed by atoms with Gasteiger partial charge in [-0.05, 0) is 12.1 Å². The molecule has 0 aromatic heterocycles. The molecule has 6 heteroatoms. The van der Waals surface area contributed by atoms with E-state index in [1.807, 2.05) is 0 Å². The van der Waals surface area contributed by atoms with Crippen LogP contribution < -0.4 is 10.1 Å². The summed E-state index contributed by atoms with van der Waals surface area (Å²) in [5, 5.41) is 10.7. The Hall–Kier alpha value is -2.37. The number of carbonyl (C=O) groups excluding carboxylic acids is 2. The Bertz CT molecular complexity index is 479. The topological polar surface area (TPSA) is 92.7 Å². The van der Waals surface area contributed by atoms with Gasteiger partial charge in [-0.1, -0.05) is 6.07 Å². The zero-order chi connectivity index (χ0) is 11.0. The molecule has 1 aromatic carbocycles. The minimum atomic E-state index is -1.53. The van der Waals surface area contributed by atoms with E-state index in [9.17, 15) is 14.4 Å². The number of ketones is 1. The van der Waals surface area contributed by atoms with Crippen molar-refractivity contribution in [3.63, 3.8) is 0 Å². The highest BCUT2D eigenvalue weighted by Crippen LogP contribution is 2.31. The summed E-state index contributed by atoms with van der Waals surface area (Å²) in [4.78, 5) is 32.6. The van der Waals surface area contributed by atoms with E-state index in [1.165, 1.54) is 18.2 Å². The molecule has 0 atom stereocenters. The zero-order valence-electron chi connectivity index (χ0n) is 7.31. The van der Waals surface area contributed by atoms with E-state index in [2.05, 4.69) is 10.1 Å². The molecule has 0 saturated carbocycles. The average Bonchev–Trinajstić information content (AvgIpc) is 2.43. The third-order valence-corrected chi connectivity index (χ3v) is 1.90. The van der Waals surface area contributed by atoms with Crippen molar-refractivity contribution in [3.05, 3.63) is 23.8 Å². The smallest absolute Gasteiger partial charge is 0.449 e.